The monoisotopic (exact) mass is 175 g/mol. The van der Waals surface area contributed by atoms with Crippen LogP contribution in [0.15, 0.2) is 0 Å². The van der Waals surface area contributed by atoms with Gasteiger partial charge in [-0.05, 0) is 13.0 Å². The minimum absolute atomic E-state index is 0.312. The summed E-state index contributed by atoms with van der Waals surface area (Å²) in [6.07, 6.45) is 0.919. The maximum atomic E-state index is 10.4. The van der Waals surface area contributed by atoms with E-state index >= 15 is 0 Å². The summed E-state index contributed by atoms with van der Waals surface area (Å²) in [7, 11) is 1.65. The van der Waals surface area contributed by atoms with Gasteiger partial charge in [0.2, 0.25) is 0 Å². The van der Waals surface area contributed by atoms with Crippen molar-refractivity contribution < 1.29 is 14.6 Å². The summed E-state index contributed by atoms with van der Waals surface area (Å²) < 4.78 is 4.84. The Kier molecular flexibility index (Phi) is 6.70. The summed E-state index contributed by atoms with van der Waals surface area (Å²) in [6.45, 7) is 3.74. The fourth-order valence-corrected chi connectivity index (χ4v) is 0.747. The number of hydrogen-bond donors (Lipinski definition) is 2. The smallest absolute Gasteiger partial charge is 0.307 e. The molecule has 72 valence electrons. The van der Waals surface area contributed by atoms with E-state index in [1.807, 2.05) is 0 Å². The van der Waals surface area contributed by atoms with Crippen molar-refractivity contribution in [1.29, 1.82) is 0 Å². The molecule has 0 rings (SSSR count). The summed E-state index contributed by atoms with van der Waals surface area (Å²) in [4.78, 5) is 10.4. The Balaban J connectivity index is 3.14. The highest BCUT2D eigenvalue weighted by Gasteiger charge is 2.08. The van der Waals surface area contributed by atoms with Crippen LogP contribution in [0.2, 0.25) is 0 Å². The number of ether oxygens (including phenoxy) is 1. The predicted molar refractivity (Wildman–Crippen MR) is 46.2 cm³/mol. The average molecular weight is 175 g/mol. The van der Waals surface area contributed by atoms with Gasteiger partial charge in [0.15, 0.2) is 0 Å². The van der Waals surface area contributed by atoms with Crippen LogP contribution >= 0.6 is 0 Å². The molecule has 0 amide bonds. The van der Waals surface area contributed by atoms with E-state index in [0.29, 0.717) is 13.2 Å². The Hall–Kier alpha value is -0.610. The maximum absolute atomic E-state index is 10.4. The lowest BCUT2D eigenvalue weighted by atomic mass is 10.2. The number of rotatable bonds is 7. The van der Waals surface area contributed by atoms with Gasteiger partial charge in [0.05, 0.1) is 5.92 Å². The predicted octanol–water partition coefficient (Wildman–Crippen LogP) is 0.333. The van der Waals surface area contributed by atoms with Crippen molar-refractivity contribution in [2.75, 3.05) is 26.8 Å². The first-order valence-corrected chi connectivity index (χ1v) is 4.11. The van der Waals surface area contributed by atoms with Crippen molar-refractivity contribution in [3.05, 3.63) is 0 Å². The van der Waals surface area contributed by atoms with Gasteiger partial charge in [-0.25, -0.2) is 0 Å². The summed E-state index contributed by atoms with van der Waals surface area (Å²) in [6, 6.07) is 0. The summed E-state index contributed by atoms with van der Waals surface area (Å²) in [5.74, 6) is -1.07. The molecule has 0 fully saturated rings. The first kappa shape index (κ1) is 11.4. The molecule has 0 spiro atoms. The minimum atomic E-state index is -0.755. The molecule has 0 heterocycles. The van der Waals surface area contributed by atoms with Crippen molar-refractivity contribution in [1.82, 2.24) is 5.32 Å². The second-order valence-electron chi connectivity index (χ2n) is 2.79. The van der Waals surface area contributed by atoms with Gasteiger partial charge < -0.3 is 15.2 Å². The van der Waals surface area contributed by atoms with Gasteiger partial charge in [0.1, 0.15) is 0 Å². The van der Waals surface area contributed by atoms with Crippen molar-refractivity contribution in [3.63, 3.8) is 0 Å². The van der Waals surface area contributed by atoms with E-state index in [-0.39, 0.29) is 5.92 Å². The van der Waals surface area contributed by atoms with Crippen LogP contribution in [0.4, 0.5) is 0 Å². The lowest BCUT2D eigenvalue weighted by Gasteiger charge is -2.07. The standard InChI is InChI=1S/C8H17NO3/c1-7(8(10)11)6-9-4-3-5-12-2/h7,9H,3-6H2,1-2H3,(H,10,11). The van der Waals surface area contributed by atoms with E-state index in [2.05, 4.69) is 5.32 Å². The number of carbonyl (C=O) groups is 1. The Labute approximate surface area is 72.9 Å². The van der Waals surface area contributed by atoms with Crippen molar-refractivity contribution in [2.24, 2.45) is 5.92 Å². The van der Waals surface area contributed by atoms with Crippen LogP contribution in [0, 0.1) is 5.92 Å². The van der Waals surface area contributed by atoms with Gasteiger partial charge in [0, 0.05) is 20.3 Å². The molecule has 1 atom stereocenters. The Bertz CT molecular complexity index is 127. The quantitative estimate of drug-likeness (QED) is 0.547. The molecular formula is C8H17NO3. The van der Waals surface area contributed by atoms with Gasteiger partial charge in [-0.2, -0.15) is 0 Å². The van der Waals surface area contributed by atoms with Crippen molar-refractivity contribution in [3.8, 4) is 0 Å². The molecule has 0 bridgehead atoms. The van der Waals surface area contributed by atoms with Crippen LogP contribution in [0.3, 0.4) is 0 Å². The van der Waals surface area contributed by atoms with Gasteiger partial charge >= 0.3 is 5.97 Å². The second-order valence-corrected chi connectivity index (χ2v) is 2.79. The van der Waals surface area contributed by atoms with Crippen LogP contribution in [0.5, 0.6) is 0 Å². The van der Waals surface area contributed by atoms with E-state index in [9.17, 15) is 4.79 Å². The zero-order chi connectivity index (χ0) is 9.40. The SMILES string of the molecule is COCCCNCC(C)C(=O)O. The molecule has 0 aromatic heterocycles. The van der Waals surface area contributed by atoms with Gasteiger partial charge in [-0.3, -0.25) is 4.79 Å². The topological polar surface area (TPSA) is 58.6 Å². The molecule has 0 aliphatic carbocycles. The van der Waals surface area contributed by atoms with Crippen LogP contribution in [-0.2, 0) is 9.53 Å². The minimum Gasteiger partial charge on any atom is -0.481 e. The third-order valence-corrected chi connectivity index (χ3v) is 1.57. The van der Waals surface area contributed by atoms with E-state index < -0.39 is 5.97 Å². The molecule has 12 heavy (non-hydrogen) atoms. The number of carboxylic acid groups (broad SMARTS) is 1. The molecule has 2 N–H and O–H groups in total. The van der Waals surface area contributed by atoms with E-state index in [1.165, 1.54) is 0 Å². The highest BCUT2D eigenvalue weighted by molar-refractivity contribution is 5.69. The molecule has 0 aromatic rings. The zero-order valence-corrected chi connectivity index (χ0v) is 7.67. The molecule has 1 unspecified atom stereocenters. The number of methoxy groups -OCH3 is 1. The summed E-state index contributed by atoms with van der Waals surface area (Å²) in [5, 5.41) is 11.6. The fraction of sp³-hybridized carbons (Fsp3) is 0.875. The molecule has 4 heteroatoms. The van der Waals surface area contributed by atoms with Crippen molar-refractivity contribution >= 4 is 5.97 Å². The molecule has 0 aromatic carbocycles. The Morgan fingerprint density at radius 2 is 2.33 bits per heavy atom. The Morgan fingerprint density at radius 3 is 2.83 bits per heavy atom. The number of nitrogens with one attached hydrogen (secondary N) is 1. The third-order valence-electron chi connectivity index (χ3n) is 1.57. The Morgan fingerprint density at radius 1 is 1.67 bits per heavy atom. The van der Waals surface area contributed by atoms with Crippen LogP contribution < -0.4 is 5.32 Å². The second kappa shape index (κ2) is 7.06. The van der Waals surface area contributed by atoms with Crippen LogP contribution in [0.1, 0.15) is 13.3 Å². The number of carboxylic acids is 1. The molecule has 0 saturated carbocycles. The largest absolute Gasteiger partial charge is 0.481 e. The lowest BCUT2D eigenvalue weighted by molar-refractivity contribution is -0.140. The van der Waals surface area contributed by atoms with Crippen molar-refractivity contribution in [2.45, 2.75) is 13.3 Å². The normalized spacial score (nSPS) is 12.8. The molecule has 4 nitrogen and oxygen atoms in total. The first-order chi connectivity index (χ1) is 5.68. The number of aliphatic carboxylic acids is 1. The van der Waals surface area contributed by atoms with E-state index in [0.717, 1.165) is 13.0 Å². The summed E-state index contributed by atoms with van der Waals surface area (Å²) >= 11 is 0. The maximum Gasteiger partial charge on any atom is 0.307 e. The number of hydrogen-bond acceptors (Lipinski definition) is 3. The molecule has 0 aliphatic rings. The van der Waals surface area contributed by atoms with E-state index in [1.54, 1.807) is 14.0 Å². The summed E-state index contributed by atoms with van der Waals surface area (Å²) in [5.41, 5.74) is 0. The van der Waals surface area contributed by atoms with Gasteiger partial charge in [0.25, 0.3) is 0 Å². The van der Waals surface area contributed by atoms with Gasteiger partial charge in [-0.1, -0.05) is 6.92 Å². The fourth-order valence-electron chi connectivity index (χ4n) is 0.747. The average Bonchev–Trinajstić information content (AvgIpc) is 2.03. The van der Waals surface area contributed by atoms with Crippen LogP contribution in [-0.4, -0.2) is 37.9 Å². The highest BCUT2D eigenvalue weighted by atomic mass is 16.5. The zero-order valence-electron chi connectivity index (χ0n) is 7.67. The third kappa shape index (κ3) is 6.12. The van der Waals surface area contributed by atoms with Crippen LogP contribution in [0.25, 0.3) is 0 Å². The molecule has 0 radical (unpaired) electrons. The first-order valence-electron chi connectivity index (χ1n) is 4.11. The molecule has 0 saturated heterocycles. The molecule has 0 aliphatic heterocycles. The lowest BCUT2D eigenvalue weighted by Crippen LogP contribution is -2.27. The highest BCUT2D eigenvalue weighted by Crippen LogP contribution is 1.91. The molecular weight excluding hydrogens is 158 g/mol. The van der Waals surface area contributed by atoms with Gasteiger partial charge in [-0.15, -0.1) is 0 Å². The van der Waals surface area contributed by atoms with E-state index in [4.69, 9.17) is 9.84 Å².